The Morgan fingerprint density at radius 2 is 0.723 bits per heavy atom. The summed E-state index contributed by atoms with van der Waals surface area (Å²) in [5.74, 6) is -1.71. The molecule has 4 aromatic rings. The maximum atomic E-state index is 13.0. The van der Waals surface area contributed by atoms with Crippen LogP contribution < -0.4 is 13.1 Å². The van der Waals surface area contributed by atoms with E-state index < -0.39 is 72.2 Å². The van der Waals surface area contributed by atoms with E-state index in [2.05, 4.69) is 8.37 Å². The molecule has 4 rings (SSSR count). The minimum absolute atomic E-state index is 0.0450. The average molecular weight is 747 g/mol. The first-order valence-electron chi connectivity index (χ1n) is 12.1. The van der Waals surface area contributed by atoms with E-state index in [0.29, 0.717) is 12.1 Å². The van der Waals surface area contributed by atoms with Gasteiger partial charge in [0.05, 0.1) is 19.6 Å². The Morgan fingerprint density at radius 1 is 0.404 bits per heavy atom. The molecule has 0 fully saturated rings. The van der Waals surface area contributed by atoms with Crippen molar-refractivity contribution >= 4 is 39.9 Å². The van der Waals surface area contributed by atoms with E-state index in [1.54, 1.807) is 0 Å². The van der Waals surface area contributed by atoms with Crippen molar-refractivity contribution in [1.29, 1.82) is 0 Å². The number of ether oxygens (including phenoxy) is 1. The third-order valence-corrected chi connectivity index (χ3v) is 11.2. The van der Waals surface area contributed by atoms with Gasteiger partial charge in [-0.05, 0) is 72.8 Å². The first kappa shape index (κ1) is 35.5. The number of rotatable bonds is 10. The maximum Gasteiger partial charge on any atom is 0.534 e. The van der Waals surface area contributed by atoms with Crippen molar-refractivity contribution in [3.05, 3.63) is 97.1 Å². The normalized spacial score (nSPS) is 13.1. The SMILES string of the molecule is O=S(=O)(c1ccc(Oc2ccc(S(=O)(=O)c3cccc(OS(=O)(=O)C(F)(F)F)c3)cc2)cc1)c1cccc(OS(=O)(=O)C(F)(F)F)c1. The van der Waals surface area contributed by atoms with Crippen molar-refractivity contribution in [1.82, 2.24) is 0 Å². The summed E-state index contributed by atoms with van der Waals surface area (Å²) in [6.45, 7) is 0. The smallest absolute Gasteiger partial charge is 0.457 e. The molecule has 47 heavy (non-hydrogen) atoms. The van der Waals surface area contributed by atoms with Gasteiger partial charge in [0.25, 0.3) is 0 Å². The summed E-state index contributed by atoms with van der Waals surface area (Å²) in [7, 11) is -20.9. The highest BCUT2D eigenvalue weighted by atomic mass is 32.2. The van der Waals surface area contributed by atoms with E-state index in [0.717, 1.165) is 60.7 Å². The van der Waals surface area contributed by atoms with Crippen LogP contribution in [0.4, 0.5) is 26.3 Å². The lowest BCUT2D eigenvalue weighted by Crippen LogP contribution is -2.28. The quantitative estimate of drug-likeness (QED) is 0.113. The van der Waals surface area contributed by atoms with Crippen molar-refractivity contribution in [2.45, 2.75) is 30.6 Å². The van der Waals surface area contributed by atoms with Gasteiger partial charge < -0.3 is 13.1 Å². The van der Waals surface area contributed by atoms with Crippen molar-refractivity contribution in [3.63, 3.8) is 0 Å². The minimum Gasteiger partial charge on any atom is -0.457 e. The Kier molecular flexibility index (Phi) is 9.34. The zero-order chi connectivity index (χ0) is 35.1. The lowest BCUT2D eigenvalue weighted by Gasteiger charge is -2.12. The van der Waals surface area contributed by atoms with Gasteiger partial charge in [0, 0.05) is 12.1 Å². The van der Waals surface area contributed by atoms with E-state index in [1.807, 2.05) is 0 Å². The highest BCUT2D eigenvalue weighted by Crippen LogP contribution is 2.33. The molecule has 0 unspecified atom stereocenters. The van der Waals surface area contributed by atoms with Gasteiger partial charge in [-0.3, -0.25) is 0 Å². The van der Waals surface area contributed by atoms with Gasteiger partial charge in [-0.2, -0.15) is 43.2 Å². The lowest BCUT2D eigenvalue weighted by atomic mass is 10.3. The number of alkyl halides is 6. The molecule has 21 heteroatoms. The summed E-state index contributed by atoms with van der Waals surface area (Å²) in [4.78, 5) is -1.90. The molecule has 0 spiro atoms. The van der Waals surface area contributed by atoms with Gasteiger partial charge >= 0.3 is 31.3 Å². The maximum absolute atomic E-state index is 13.0. The van der Waals surface area contributed by atoms with E-state index >= 15 is 0 Å². The first-order valence-corrected chi connectivity index (χ1v) is 17.9. The number of hydrogen-bond donors (Lipinski definition) is 0. The molecule has 252 valence electrons. The van der Waals surface area contributed by atoms with Gasteiger partial charge in [0.1, 0.15) is 23.0 Å². The summed E-state index contributed by atoms with van der Waals surface area (Å²) in [5.41, 5.74) is -11.5. The van der Waals surface area contributed by atoms with Gasteiger partial charge in [-0.15, -0.1) is 0 Å². The topological polar surface area (TPSA) is 164 Å². The Hall–Kier alpha value is -4.34. The Labute approximate surface area is 263 Å². The molecule has 0 radical (unpaired) electrons. The van der Waals surface area contributed by atoms with E-state index in [-0.39, 0.29) is 21.3 Å². The standard InChI is InChI=1S/C26H16F6O11S4/c27-25(28,29)46(37,38)42-19-3-1-5-23(15-19)44(33,34)21-11-7-17(8-12-21)41-18-9-13-22(14-10-18)45(35,36)24-6-2-4-20(16-24)43-47(39,40)26(30,31)32/h1-16H. The van der Waals surface area contributed by atoms with Crippen LogP contribution in [0.2, 0.25) is 0 Å². The van der Waals surface area contributed by atoms with E-state index in [9.17, 15) is 60.0 Å². The second kappa shape index (κ2) is 12.4. The Bertz CT molecular complexity index is 2070. The first-order chi connectivity index (χ1) is 21.5. The van der Waals surface area contributed by atoms with E-state index in [1.165, 1.54) is 24.3 Å². The number of hydrogen-bond acceptors (Lipinski definition) is 11. The van der Waals surface area contributed by atoms with Gasteiger partial charge in [0.15, 0.2) is 0 Å². The molecule has 0 aliphatic carbocycles. The van der Waals surface area contributed by atoms with Crippen LogP contribution in [0.1, 0.15) is 0 Å². The van der Waals surface area contributed by atoms with Crippen molar-refractivity contribution in [3.8, 4) is 23.0 Å². The van der Waals surface area contributed by atoms with Crippen LogP contribution in [0, 0.1) is 0 Å². The van der Waals surface area contributed by atoms with Crippen LogP contribution in [-0.4, -0.2) is 44.7 Å². The zero-order valence-corrected chi connectivity index (χ0v) is 25.9. The fraction of sp³-hybridized carbons (Fsp3) is 0.0769. The van der Waals surface area contributed by atoms with Gasteiger partial charge in [-0.1, -0.05) is 12.1 Å². The number of sulfone groups is 2. The van der Waals surface area contributed by atoms with Gasteiger partial charge in [0.2, 0.25) is 19.7 Å². The molecule has 0 amide bonds. The Balaban J connectivity index is 1.49. The van der Waals surface area contributed by atoms with Crippen molar-refractivity contribution in [2.75, 3.05) is 0 Å². The molecular weight excluding hydrogens is 731 g/mol. The summed E-state index contributed by atoms with van der Waals surface area (Å²) in [5, 5.41) is 0. The highest BCUT2D eigenvalue weighted by molar-refractivity contribution is 7.92. The second-order valence-corrected chi connectivity index (χ2v) is 15.9. The third-order valence-electron chi connectivity index (χ3n) is 5.71. The molecule has 11 nitrogen and oxygen atoms in total. The van der Waals surface area contributed by atoms with Crippen LogP contribution in [0.25, 0.3) is 0 Å². The molecular formula is C26H16F6O11S4. The van der Waals surface area contributed by atoms with Crippen LogP contribution >= 0.6 is 0 Å². The molecule has 4 aromatic carbocycles. The largest absolute Gasteiger partial charge is 0.534 e. The lowest BCUT2D eigenvalue weighted by molar-refractivity contribution is -0.0504. The summed E-state index contributed by atoms with van der Waals surface area (Å²) in [6.07, 6.45) is 0. The molecule has 0 aliphatic rings. The fourth-order valence-corrected chi connectivity index (χ4v) is 7.01. The predicted octanol–water partition coefficient (Wildman–Crippen LogP) is 5.60. The van der Waals surface area contributed by atoms with Crippen LogP contribution in [0.5, 0.6) is 23.0 Å². The highest BCUT2D eigenvalue weighted by Gasteiger charge is 2.49. The molecule has 0 aromatic heterocycles. The fourth-order valence-electron chi connectivity index (χ4n) is 3.52. The van der Waals surface area contributed by atoms with E-state index in [4.69, 9.17) is 4.74 Å². The second-order valence-electron chi connectivity index (χ2n) is 8.97. The Morgan fingerprint density at radius 3 is 1.02 bits per heavy atom. The predicted molar refractivity (Wildman–Crippen MR) is 148 cm³/mol. The summed E-state index contributed by atoms with van der Waals surface area (Å²) in [6, 6.07) is 15.8. The minimum atomic E-state index is -6.05. The molecule has 0 saturated carbocycles. The number of benzene rings is 4. The van der Waals surface area contributed by atoms with Crippen LogP contribution in [-0.2, 0) is 39.9 Å². The van der Waals surface area contributed by atoms with Crippen molar-refractivity contribution < 1.29 is 73.1 Å². The summed E-state index contributed by atoms with van der Waals surface area (Å²) < 4.78 is 186. The monoisotopic (exact) mass is 746 g/mol. The molecule has 0 heterocycles. The average Bonchev–Trinajstić information content (AvgIpc) is 2.96. The molecule has 0 atom stereocenters. The molecule has 0 saturated heterocycles. The van der Waals surface area contributed by atoms with Crippen LogP contribution in [0.3, 0.4) is 0 Å². The summed E-state index contributed by atoms with van der Waals surface area (Å²) >= 11 is 0. The van der Waals surface area contributed by atoms with Crippen molar-refractivity contribution in [2.24, 2.45) is 0 Å². The molecule has 0 bridgehead atoms. The third kappa shape index (κ3) is 7.80. The van der Waals surface area contributed by atoms with Crippen LogP contribution in [0.15, 0.2) is 117 Å². The molecule has 0 N–H and O–H groups in total. The van der Waals surface area contributed by atoms with Gasteiger partial charge in [-0.25, -0.2) is 16.8 Å². The zero-order valence-electron chi connectivity index (χ0n) is 22.6. The number of halogens is 6. The molecule has 0 aliphatic heterocycles.